The van der Waals surface area contributed by atoms with Crippen molar-refractivity contribution < 1.29 is 14.0 Å². The second kappa shape index (κ2) is 11.3. The Hall–Kier alpha value is -3.18. The molecular formula is C23H31FN8O2. The van der Waals surface area contributed by atoms with Gasteiger partial charge in [0.05, 0.1) is 25.0 Å². The highest BCUT2D eigenvalue weighted by atomic mass is 19.1. The van der Waals surface area contributed by atoms with Crippen molar-refractivity contribution in [3.63, 3.8) is 0 Å². The molecular weight excluding hydrogens is 439 g/mol. The number of nitrogens with one attached hydrogen (secondary N) is 2. The second-order valence-corrected chi connectivity index (χ2v) is 8.70. The summed E-state index contributed by atoms with van der Waals surface area (Å²) >= 11 is 0. The van der Waals surface area contributed by atoms with Crippen molar-refractivity contribution >= 4 is 17.8 Å². The van der Waals surface area contributed by atoms with E-state index in [-0.39, 0.29) is 23.7 Å². The maximum Gasteiger partial charge on any atom is 0.245 e. The third-order valence-corrected chi connectivity index (χ3v) is 6.31. The molecule has 2 N–H and O–H groups in total. The van der Waals surface area contributed by atoms with Crippen LogP contribution >= 0.6 is 0 Å². The van der Waals surface area contributed by atoms with E-state index in [1.807, 2.05) is 0 Å². The lowest BCUT2D eigenvalue weighted by Crippen LogP contribution is -2.52. The maximum absolute atomic E-state index is 13.2. The minimum Gasteiger partial charge on any atom is -0.358 e. The summed E-state index contributed by atoms with van der Waals surface area (Å²) in [6.07, 6.45) is 3.27. The van der Waals surface area contributed by atoms with Crippen molar-refractivity contribution in [3.05, 3.63) is 36.3 Å². The summed E-state index contributed by atoms with van der Waals surface area (Å²) in [5, 5.41) is 14.0. The molecule has 0 saturated carbocycles. The number of nitrogens with zero attached hydrogens (tertiary/aromatic N) is 6. The quantitative estimate of drug-likeness (QED) is 0.588. The van der Waals surface area contributed by atoms with Crippen LogP contribution in [0, 0.1) is 5.82 Å². The summed E-state index contributed by atoms with van der Waals surface area (Å²) in [5.74, 6) is 0.298. The number of carbonyl (C=O) groups is 2. The number of halogens is 1. The Bertz CT molecular complexity index is 973. The normalized spacial score (nSPS) is 18.0. The number of hydrogen-bond donors (Lipinski definition) is 2. The van der Waals surface area contributed by atoms with Crippen LogP contribution in [-0.4, -0.2) is 102 Å². The Labute approximate surface area is 198 Å². The smallest absolute Gasteiger partial charge is 0.245 e. The molecule has 11 heteroatoms. The van der Waals surface area contributed by atoms with E-state index in [9.17, 15) is 14.0 Å². The molecule has 2 aliphatic rings. The first-order valence-corrected chi connectivity index (χ1v) is 11.7. The van der Waals surface area contributed by atoms with E-state index in [4.69, 9.17) is 0 Å². The monoisotopic (exact) mass is 470 g/mol. The van der Waals surface area contributed by atoms with Crippen molar-refractivity contribution in [1.82, 2.24) is 35.6 Å². The minimum atomic E-state index is -0.294. The minimum absolute atomic E-state index is 0.0185. The number of rotatable bonds is 7. The van der Waals surface area contributed by atoms with Crippen molar-refractivity contribution in [1.29, 1.82) is 0 Å². The average molecular weight is 471 g/mol. The predicted molar refractivity (Wildman–Crippen MR) is 126 cm³/mol. The number of benzene rings is 1. The van der Waals surface area contributed by atoms with Crippen molar-refractivity contribution in [2.45, 2.75) is 18.9 Å². The first-order valence-electron chi connectivity index (χ1n) is 11.7. The highest BCUT2D eigenvalue weighted by Gasteiger charge is 2.25. The van der Waals surface area contributed by atoms with Crippen LogP contribution in [0.15, 0.2) is 30.5 Å². The summed E-state index contributed by atoms with van der Waals surface area (Å²) in [5.41, 5.74) is 1.43. The van der Waals surface area contributed by atoms with Crippen LogP contribution in [0.4, 0.5) is 10.3 Å². The van der Waals surface area contributed by atoms with Gasteiger partial charge in [-0.2, -0.15) is 5.10 Å². The summed E-state index contributed by atoms with van der Waals surface area (Å²) < 4.78 is 13.2. The average Bonchev–Trinajstić information content (AvgIpc) is 2.86. The molecule has 0 unspecified atom stereocenters. The van der Waals surface area contributed by atoms with E-state index in [1.165, 1.54) is 12.1 Å². The molecule has 2 saturated heterocycles. The van der Waals surface area contributed by atoms with Gasteiger partial charge in [0.1, 0.15) is 5.82 Å². The molecule has 3 heterocycles. The molecule has 2 amide bonds. The van der Waals surface area contributed by atoms with Crippen LogP contribution in [-0.2, 0) is 9.59 Å². The Morgan fingerprint density at radius 3 is 2.29 bits per heavy atom. The molecule has 0 atom stereocenters. The molecule has 1 aromatic heterocycles. The van der Waals surface area contributed by atoms with Gasteiger partial charge in [0, 0.05) is 57.9 Å². The Morgan fingerprint density at radius 2 is 1.62 bits per heavy atom. The highest BCUT2D eigenvalue weighted by Crippen LogP contribution is 2.19. The fourth-order valence-corrected chi connectivity index (χ4v) is 4.29. The van der Waals surface area contributed by atoms with Gasteiger partial charge >= 0.3 is 0 Å². The molecule has 0 aliphatic carbocycles. The predicted octanol–water partition coefficient (Wildman–Crippen LogP) is 0.126. The number of piperidine rings is 1. The van der Waals surface area contributed by atoms with E-state index in [1.54, 1.807) is 25.4 Å². The van der Waals surface area contributed by atoms with E-state index in [0.29, 0.717) is 37.8 Å². The van der Waals surface area contributed by atoms with Crippen molar-refractivity contribution in [3.8, 4) is 11.3 Å². The summed E-state index contributed by atoms with van der Waals surface area (Å²) in [7, 11) is 1.64. The molecule has 2 aliphatic heterocycles. The fourth-order valence-electron chi connectivity index (χ4n) is 4.29. The van der Waals surface area contributed by atoms with Crippen molar-refractivity contribution in [2.75, 3.05) is 64.3 Å². The number of piperazine rings is 1. The van der Waals surface area contributed by atoms with Gasteiger partial charge in [-0.05, 0) is 37.1 Å². The number of likely N-dealkylation sites (tertiary alicyclic amines) is 1. The largest absolute Gasteiger partial charge is 0.358 e. The molecule has 2 fully saturated rings. The molecule has 0 radical (unpaired) electrons. The lowest BCUT2D eigenvalue weighted by Gasteiger charge is -2.35. The highest BCUT2D eigenvalue weighted by molar-refractivity contribution is 5.78. The van der Waals surface area contributed by atoms with E-state index >= 15 is 0 Å². The first kappa shape index (κ1) is 24.0. The molecule has 1 aromatic carbocycles. The van der Waals surface area contributed by atoms with Crippen LogP contribution in [0.3, 0.4) is 0 Å². The van der Waals surface area contributed by atoms with Crippen LogP contribution in [0.1, 0.15) is 12.8 Å². The standard InChI is InChI=1S/C23H31FN8O2/c1-25-21(33)15-30-8-6-19(7-9-30)27-22(34)16-31-10-12-32(13-11-31)23-28-20(14-26-29-23)17-2-4-18(24)5-3-17/h2-5,14,19H,6-13,15-16H2,1H3,(H,25,33)(H,27,34). The first-order chi connectivity index (χ1) is 16.5. The second-order valence-electron chi connectivity index (χ2n) is 8.70. The lowest BCUT2D eigenvalue weighted by molar-refractivity contribution is -0.124. The zero-order valence-corrected chi connectivity index (χ0v) is 19.4. The number of carbonyl (C=O) groups excluding carboxylic acids is 2. The third kappa shape index (κ3) is 6.45. The van der Waals surface area contributed by atoms with Crippen LogP contribution in [0.5, 0.6) is 0 Å². The zero-order chi connectivity index (χ0) is 23.9. The van der Waals surface area contributed by atoms with Gasteiger partial charge in [0.15, 0.2) is 0 Å². The van der Waals surface area contributed by atoms with Crippen LogP contribution in [0.25, 0.3) is 11.3 Å². The van der Waals surface area contributed by atoms with Gasteiger partial charge in [-0.15, -0.1) is 5.10 Å². The molecule has 10 nitrogen and oxygen atoms in total. The maximum atomic E-state index is 13.2. The molecule has 0 bridgehead atoms. The van der Waals surface area contributed by atoms with Gasteiger partial charge in [-0.25, -0.2) is 9.37 Å². The molecule has 4 rings (SSSR count). The van der Waals surface area contributed by atoms with Gasteiger partial charge in [-0.3, -0.25) is 19.4 Å². The zero-order valence-electron chi connectivity index (χ0n) is 19.4. The molecule has 2 aromatic rings. The topological polar surface area (TPSA) is 107 Å². The molecule has 0 spiro atoms. The fraction of sp³-hybridized carbons (Fsp3) is 0.522. The number of hydrogen-bond acceptors (Lipinski definition) is 8. The summed E-state index contributed by atoms with van der Waals surface area (Å²) in [6, 6.07) is 6.30. The Kier molecular flexibility index (Phi) is 7.96. The lowest BCUT2D eigenvalue weighted by atomic mass is 10.0. The Balaban J connectivity index is 1.21. The SMILES string of the molecule is CNC(=O)CN1CCC(NC(=O)CN2CCN(c3nncc(-c4ccc(F)cc4)n3)CC2)CC1. The summed E-state index contributed by atoms with van der Waals surface area (Å²) in [4.78, 5) is 35.0. The number of likely N-dealkylation sites (N-methyl/N-ethyl adjacent to an activating group) is 1. The van der Waals surface area contributed by atoms with E-state index < -0.39 is 0 Å². The van der Waals surface area contributed by atoms with Crippen molar-refractivity contribution in [2.24, 2.45) is 0 Å². The third-order valence-electron chi connectivity index (χ3n) is 6.31. The van der Waals surface area contributed by atoms with Gasteiger partial charge < -0.3 is 15.5 Å². The van der Waals surface area contributed by atoms with Gasteiger partial charge in [0.2, 0.25) is 17.8 Å². The summed E-state index contributed by atoms with van der Waals surface area (Å²) in [6.45, 7) is 5.22. The van der Waals surface area contributed by atoms with E-state index in [2.05, 4.69) is 40.5 Å². The number of anilines is 1. The number of aromatic nitrogens is 3. The van der Waals surface area contributed by atoms with Gasteiger partial charge in [-0.1, -0.05) is 0 Å². The molecule has 34 heavy (non-hydrogen) atoms. The molecule has 182 valence electrons. The van der Waals surface area contributed by atoms with E-state index in [0.717, 1.165) is 44.6 Å². The number of amides is 2. The van der Waals surface area contributed by atoms with Crippen LogP contribution in [0.2, 0.25) is 0 Å². The Morgan fingerprint density at radius 1 is 0.971 bits per heavy atom. The van der Waals surface area contributed by atoms with Gasteiger partial charge in [0.25, 0.3) is 0 Å². The van der Waals surface area contributed by atoms with Crippen LogP contribution < -0.4 is 15.5 Å².